The number of nitrogens with zero attached hydrogens (tertiary/aromatic N) is 8. The van der Waals surface area contributed by atoms with Gasteiger partial charge in [-0.2, -0.15) is 5.10 Å². The number of rotatable bonds is 28. The van der Waals surface area contributed by atoms with Crippen LogP contribution in [0.25, 0.3) is 22.3 Å². The number of carbonyl (C=O) groups is 1. The van der Waals surface area contributed by atoms with Gasteiger partial charge in [-0.25, -0.2) is 9.98 Å². The van der Waals surface area contributed by atoms with E-state index in [2.05, 4.69) is 105 Å². The van der Waals surface area contributed by atoms with E-state index in [4.69, 9.17) is 33.9 Å². The predicted octanol–water partition coefficient (Wildman–Crippen LogP) is 15.2. The first-order valence-electron chi connectivity index (χ1n) is 29.2. The zero-order valence-electron chi connectivity index (χ0n) is 51.6. The topological polar surface area (TPSA) is 216 Å². The van der Waals surface area contributed by atoms with E-state index in [1.54, 1.807) is 21.2 Å². The fourth-order valence-corrected chi connectivity index (χ4v) is 10.8. The lowest BCUT2D eigenvalue weighted by molar-refractivity contribution is -0.115. The molecule has 8 aromatic rings. The van der Waals surface area contributed by atoms with Crippen molar-refractivity contribution in [3.8, 4) is 22.3 Å². The SMILES string of the molecule is CC.CCCCC(=Nc1cn(C)nc1C)N(C=O)Cc1ccc(-c2ccccc2SNc2noc(C)c2C)c(COCC)c1.CCCCc1nc(NC)c(C=N)c(=O)n1Cc1ccc(-c2ccccc2SNc2noc(C)c2C)c(COCC)c1. The fourth-order valence-electron chi connectivity index (χ4n) is 9.09. The van der Waals surface area contributed by atoms with E-state index >= 15 is 0 Å². The van der Waals surface area contributed by atoms with Gasteiger partial charge < -0.3 is 38.7 Å². The summed E-state index contributed by atoms with van der Waals surface area (Å²) < 4.78 is 32.5. The number of anilines is 3. The molecule has 0 radical (unpaired) electrons. The summed E-state index contributed by atoms with van der Waals surface area (Å²) in [5.41, 5.74) is 12.0. The van der Waals surface area contributed by atoms with Crippen molar-refractivity contribution in [3.05, 3.63) is 163 Å². The molecule has 1 amide bonds. The Morgan fingerprint density at radius 3 is 1.75 bits per heavy atom. The summed E-state index contributed by atoms with van der Waals surface area (Å²) in [5.74, 6) is 4.91. The zero-order chi connectivity index (χ0) is 61.4. The molecule has 0 saturated carbocycles. The number of benzene rings is 4. The summed E-state index contributed by atoms with van der Waals surface area (Å²) in [7, 11) is 3.60. The average molecular weight is 1190 g/mol. The minimum Gasteiger partial charge on any atom is -0.377 e. The molecule has 0 spiro atoms. The van der Waals surface area contributed by atoms with Crippen LogP contribution < -0.4 is 20.3 Å². The van der Waals surface area contributed by atoms with Crippen LogP contribution in [-0.4, -0.2) is 73.3 Å². The van der Waals surface area contributed by atoms with E-state index in [-0.39, 0.29) is 11.1 Å². The molecule has 0 bridgehead atoms. The lowest BCUT2D eigenvalue weighted by atomic mass is 9.97. The van der Waals surface area contributed by atoms with Crippen molar-refractivity contribution in [1.29, 1.82) is 5.41 Å². The Morgan fingerprint density at radius 1 is 0.741 bits per heavy atom. The maximum atomic E-state index is 13.5. The number of aryl methyl sites for hydroxylation is 5. The Kier molecular flexibility index (Phi) is 26.3. The number of amides is 1. The number of ether oxygens (including phenoxy) is 2. The molecule has 4 N–H and O–H groups in total. The second kappa shape index (κ2) is 33.6. The number of aliphatic imine (C=N–C) groups is 1. The number of unbranched alkanes of at least 4 members (excludes halogenated alkanes) is 2. The largest absolute Gasteiger partial charge is 0.377 e. The zero-order valence-corrected chi connectivity index (χ0v) is 53.3. The van der Waals surface area contributed by atoms with Crippen LogP contribution in [0.2, 0.25) is 0 Å². The van der Waals surface area contributed by atoms with Crippen LogP contribution in [0.5, 0.6) is 0 Å². The lowest BCUT2D eigenvalue weighted by Gasteiger charge is -2.21. The molecule has 8 rings (SSSR count). The van der Waals surface area contributed by atoms with Crippen molar-refractivity contribution < 1.29 is 23.3 Å². The number of carbonyl (C=O) groups excluding carboxylic acids is 1. The first-order valence-corrected chi connectivity index (χ1v) is 30.8. The van der Waals surface area contributed by atoms with Gasteiger partial charge in [0, 0.05) is 67.3 Å². The third kappa shape index (κ3) is 17.7. The first kappa shape index (κ1) is 66.4. The number of amidine groups is 1. The van der Waals surface area contributed by atoms with Crippen LogP contribution in [0.4, 0.5) is 23.1 Å². The Morgan fingerprint density at radius 2 is 1.28 bits per heavy atom. The molecule has 4 heterocycles. The number of hydrogen-bond acceptors (Lipinski definition) is 17. The van der Waals surface area contributed by atoms with Crippen LogP contribution in [0.3, 0.4) is 0 Å². The normalized spacial score (nSPS) is 11.1. The van der Waals surface area contributed by atoms with Gasteiger partial charge in [-0.1, -0.05) is 124 Å². The Balaban J connectivity index is 0.000000265. The molecule has 0 unspecified atom stereocenters. The Bertz CT molecular complexity index is 3550. The molecular weight excluding hydrogens is 1110 g/mol. The molecule has 0 saturated heterocycles. The van der Waals surface area contributed by atoms with Crippen molar-refractivity contribution in [2.75, 3.05) is 35.0 Å². The number of hydrogen-bond donors (Lipinski definition) is 4. The highest BCUT2D eigenvalue weighted by Gasteiger charge is 2.20. The van der Waals surface area contributed by atoms with Crippen molar-refractivity contribution >= 4 is 65.5 Å². The lowest BCUT2D eigenvalue weighted by Crippen LogP contribution is -2.30. The molecule has 18 nitrogen and oxygen atoms in total. The van der Waals surface area contributed by atoms with E-state index < -0.39 is 0 Å². The smallest absolute Gasteiger partial charge is 0.264 e. The number of nitrogens with one attached hydrogen (secondary N) is 4. The van der Waals surface area contributed by atoms with Crippen molar-refractivity contribution in [1.82, 2.24) is 34.5 Å². The van der Waals surface area contributed by atoms with E-state index in [1.807, 2.05) is 99.8 Å². The molecule has 85 heavy (non-hydrogen) atoms. The van der Waals surface area contributed by atoms with Crippen molar-refractivity contribution in [2.24, 2.45) is 12.0 Å². The molecule has 0 aliphatic heterocycles. The van der Waals surface area contributed by atoms with Crippen molar-refractivity contribution in [2.45, 2.75) is 151 Å². The molecule has 0 atom stereocenters. The molecule has 0 aliphatic rings. The highest BCUT2D eigenvalue weighted by molar-refractivity contribution is 8.01. The second-order valence-electron chi connectivity index (χ2n) is 19.9. The summed E-state index contributed by atoms with van der Waals surface area (Å²) in [6.07, 6.45) is 9.09. The van der Waals surface area contributed by atoms with Gasteiger partial charge in [0.1, 0.15) is 34.7 Å². The molecule has 20 heteroatoms. The van der Waals surface area contributed by atoms with Crippen LogP contribution >= 0.6 is 23.9 Å². The quantitative estimate of drug-likeness (QED) is 0.0155. The van der Waals surface area contributed by atoms with Crippen molar-refractivity contribution in [3.63, 3.8) is 0 Å². The van der Waals surface area contributed by atoms with Gasteiger partial charge in [-0.15, -0.1) is 0 Å². The molecule has 0 aliphatic carbocycles. The van der Waals surface area contributed by atoms with Gasteiger partial charge >= 0.3 is 0 Å². The standard InChI is InChI=1S/C32H40N6O3S.C31H38N6O3S.C2H6/c1-7-9-14-31(33-29-19-37(6)34-23(29)4)38(21-39)18-25-15-16-27(26(17-25)20-40-8-2)28-12-10-11-13-30(28)42-36-32-22(3)24(5)41-35-32;1-6-8-13-28-34-30(33-5)26(17-32)31(38)37(28)18-22-14-15-24(23(16-22)19-39-7-2)25-11-9-10-12-27(25)41-36-29-20(3)21(4)40-35-29;1-2/h10-13,15-17,19,21H,7-9,14,18,20H2,1-6H3,(H,35,36);9-12,14-17,32-33H,6-8,13,18-19H2,1-5H3,(H,35,36);1-2H3. The van der Waals surface area contributed by atoms with E-state index in [0.717, 1.165) is 132 Å². The van der Waals surface area contributed by atoms with Gasteiger partial charge in [0.25, 0.3) is 5.56 Å². The fraction of sp³-hybridized carbons (Fsp3) is 0.385. The van der Waals surface area contributed by atoms with E-state index in [9.17, 15) is 9.59 Å². The highest BCUT2D eigenvalue weighted by atomic mass is 32.2. The summed E-state index contributed by atoms with van der Waals surface area (Å²) in [6.45, 7) is 24.8. The summed E-state index contributed by atoms with van der Waals surface area (Å²) in [5, 5.41) is 23.5. The monoisotopic (exact) mass is 1190 g/mol. The summed E-state index contributed by atoms with van der Waals surface area (Å²) in [6, 6.07) is 29.0. The Labute approximate surface area is 509 Å². The average Bonchev–Trinajstić information content (AvgIpc) is 4.35. The minimum atomic E-state index is -0.216. The third-order valence-corrected chi connectivity index (χ3v) is 15.8. The van der Waals surface area contributed by atoms with Crippen LogP contribution in [0.1, 0.15) is 136 Å². The van der Waals surface area contributed by atoms with Gasteiger partial charge in [-0.05, 0) is 142 Å². The molecule has 0 fully saturated rings. The van der Waals surface area contributed by atoms with Gasteiger partial charge in [0.05, 0.1) is 43.8 Å². The number of aromatic nitrogens is 6. The molecule has 452 valence electrons. The molecular formula is C65H84N12O6S2. The van der Waals surface area contributed by atoms with Gasteiger partial charge in [0.2, 0.25) is 6.41 Å². The van der Waals surface area contributed by atoms with Gasteiger partial charge in [0.15, 0.2) is 11.6 Å². The van der Waals surface area contributed by atoms with Crippen LogP contribution in [0, 0.1) is 40.0 Å². The minimum absolute atomic E-state index is 0.216. The summed E-state index contributed by atoms with van der Waals surface area (Å²) >= 11 is 2.98. The van der Waals surface area contributed by atoms with Crippen LogP contribution in [0.15, 0.2) is 120 Å². The molecule has 4 aromatic heterocycles. The first-order chi connectivity index (χ1) is 41.2. The van der Waals surface area contributed by atoms with Gasteiger partial charge in [-0.3, -0.25) is 23.7 Å². The molecule has 4 aromatic carbocycles. The predicted molar refractivity (Wildman–Crippen MR) is 346 cm³/mol. The van der Waals surface area contributed by atoms with Crippen LogP contribution in [-0.2, 0) is 54.0 Å². The highest BCUT2D eigenvalue weighted by Crippen LogP contribution is 2.38. The van der Waals surface area contributed by atoms with E-state index in [0.29, 0.717) is 75.6 Å². The Hall–Kier alpha value is -7.78. The second-order valence-corrected chi connectivity index (χ2v) is 21.6. The van der Waals surface area contributed by atoms with E-state index in [1.165, 1.54) is 23.9 Å². The maximum Gasteiger partial charge on any atom is 0.264 e. The maximum absolute atomic E-state index is 13.5. The summed E-state index contributed by atoms with van der Waals surface area (Å²) in [4.78, 5) is 39.2. The third-order valence-electron chi connectivity index (χ3n) is 14.0.